The average Bonchev–Trinajstić information content (AvgIpc) is 3.08. The first-order valence-electron chi connectivity index (χ1n) is 7.81. The fraction of sp³-hybridized carbons (Fsp3) is 0.158. The zero-order valence-corrected chi connectivity index (χ0v) is 14.1. The molecule has 6 nitrogen and oxygen atoms in total. The van der Waals surface area contributed by atoms with Crippen LogP contribution in [0.15, 0.2) is 60.8 Å². The standard InChI is InChI=1S/C19H19N3O3/c1-21(12-14-8-10-16(23)11-9-14)19(24)18-17(25-2)13-22(20-18)15-6-4-3-5-7-15/h3-11,13,23H,12H2,1-2H3. The average molecular weight is 337 g/mol. The van der Waals surface area contributed by atoms with Crippen LogP contribution in [0.4, 0.5) is 0 Å². The molecule has 0 spiro atoms. The number of rotatable bonds is 5. The minimum Gasteiger partial charge on any atom is -0.508 e. The van der Waals surface area contributed by atoms with Crippen molar-refractivity contribution in [3.63, 3.8) is 0 Å². The van der Waals surface area contributed by atoms with Crippen LogP contribution in [0.3, 0.4) is 0 Å². The predicted octanol–water partition coefficient (Wildman–Crippen LogP) is 2.86. The van der Waals surface area contributed by atoms with Gasteiger partial charge in [-0.05, 0) is 29.8 Å². The van der Waals surface area contributed by atoms with Gasteiger partial charge in [-0.1, -0.05) is 30.3 Å². The minimum absolute atomic E-state index is 0.195. The van der Waals surface area contributed by atoms with Crippen LogP contribution in [0.2, 0.25) is 0 Å². The lowest BCUT2D eigenvalue weighted by atomic mass is 10.2. The lowest BCUT2D eigenvalue weighted by Gasteiger charge is -2.16. The fourth-order valence-electron chi connectivity index (χ4n) is 2.50. The van der Waals surface area contributed by atoms with Crippen molar-refractivity contribution >= 4 is 5.91 Å². The topological polar surface area (TPSA) is 67.6 Å². The van der Waals surface area contributed by atoms with E-state index >= 15 is 0 Å². The molecule has 25 heavy (non-hydrogen) atoms. The molecule has 6 heteroatoms. The highest BCUT2D eigenvalue weighted by Crippen LogP contribution is 2.21. The number of phenols is 1. The second-order valence-corrected chi connectivity index (χ2v) is 5.65. The van der Waals surface area contributed by atoms with Gasteiger partial charge in [0, 0.05) is 13.6 Å². The fourth-order valence-corrected chi connectivity index (χ4v) is 2.50. The number of hydrogen-bond acceptors (Lipinski definition) is 4. The minimum atomic E-state index is -0.236. The molecule has 0 radical (unpaired) electrons. The highest BCUT2D eigenvalue weighted by molar-refractivity contribution is 5.94. The van der Waals surface area contributed by atoms with Crippen LogP contribution in [0.1, 0.15) is 16.1 Å². The molecule has 1 aromatic heterocycles. The van der Waals surface area contributed by atoms with Gasteiger partial charge in [-0.2, -0.15) is 5.10 Å². The number of amides is 1. The van der Waals surface area contributed by atoms with Crippen molar-refractivity contribution in [2.45, 2.75) is 6.54 Å². The summed E-state index contributed by atoms with van der Waals surface area (Å²) < 4.78 is 6.95. The maximum atomic E-state index is 12.8. The van der Waals surface area contributed by atoms with E-state index in [1.165, 1.54) is 7.11 Å². The summed E-state index contributed by atoms with van der Waals surface area (Å²) in [6, 6.07) is 16.3. The van der Waals surface area contributed by atoms with Gasteiger partial charge in [-0.25, -0.2) is 4.68 Å². The molecule has 1 N–H and O–H groups in total. The van der Waals surface area contributed by atoms with E-state index in [1.807, 2.05) is 30.3 Å². The maximum absolute atomic E-state index is 12.8. The zero-order chi connectivity index (χ0) is 17.8. The Balaban J connectivity index is 1.83. The van der Waals surface area contributed by atoms with Crippen molar-refractivity contribution < 1.29 is 14.6 Å². The van der Waals surface area contributed by atoms with E-state index in [0.717, 1.165) is 11.3 Å². The van der Waals surface area contributed by atoms with E-state index in [-0.39, 0.29) is 17.4 Å². The summed E-state index contributed by atoms with van der Waals surface area (Å²) in [5, 5.41) is 13.7. The summed E-state index contributed by atoms with van der Waals surface area (Å²) in [4.78, 5) is 14.3. The molecule has 0 saturated carbocycles. The number of methoxy groups -OCH3 is 1. The number of ether oxygens (including phenoxy) is 1. The number of phenolic OH excluding ortho intramolecular Hbond substituents is 1. The van der Waals surface area contributed by atoms with Crippen LogP contribution in [-0.2, 0) is 6.54 Å². The lowest BCUT2D eigenvalue weighted by molar-refractivity contribution is 0.0775. The molecule has 0 aliphatic rings. The predicted molar refractivity (Wildman–Crippen MR) is 94.0 cm³/mol. The van der Waals surface area contributed by atoms with E-state index < -0.39 is 0 Å². The molecule has 1 amide bonds. The third-order valence-electron chi connectivity index (χ3n) is 3.83. The van der Waals surface area contributed by atoms with E-state index in [4.69, 9.17) is 4.74 Å². The van der Waals surface area contributed by atoms with E-state index in [1.54, 1.807) is 47.1 Å². The molecule has 3 aromatic rings. The Morgan fingerprint density at radius 1 is 1.16 bits per heavy atom. The summed E-state index contributed by atoms with van der Waals surface area (Å²) in [6.45, 7) is 0.403. The summed E-state index contributed by atoms with van der Waals surface area (Å²) in [5.74, 6) is 0.381. The van der Waals surface area contributed by atoms with Crippen LogP contribution >= 0.6 is 0 Å². The molecule has 0 aliphatic heterocycles. The second-order valence-electron chi connectivity index (χ2n) is 5.65. The van der Waals surface area contributed by atoms with Crippen molar-refractivity contribution in [2.75, 3.05) is 14.2 Å². The number of hydrogen-bond donors (Lipinski definition) is 1. The van der Waals surface area contributed by atoms with Crippen LogP contribution in [0.25, 0.3) is 5.69 Å². The number of carbonyl (C=O) groups excluding carboxylic acids is 1. The van der Waals surface area contributed by atoms with Gasteiger partial charge in [0.1, 0.15) is 5.75 Å². The summed E-state index contributed by atoms with van der Waals surface area (Å²) >= 11 is 0. The third kappa shape index (κ3) is 3.63. The summed E-state index contributed by atoms with van der Waals surface area (Å²) in [6.07, 6.45) is 1.69. The molecule has 0 atom stereocenters. The maximum Gasteiger partial charge on any atom is 0.278 e. The number of aromatic hydroxyl groups is 1. The van der Waals surface area contributed by atoms with Crippen molar-refractivity contribution in [3.05, 3.63) is 72.1 Å². The molecule has 128 valence electrons. The Morgan fingerprint density at radius 2 is 1.84 bits per heavy atom. The molecule has 0 bridgehead atoms. The molecular formula is C19H19N3O3. The summed E-state index contributed by atoms with van der Waals surface area (Å²) in [5.41, 5.74) is 2.02. The van der Waals surface area contributed by atoms with Crippen LogP contribution < -0.4 is 4.74 Å². The van der Waals surface area contributed by atoms with Crippen LogP contribution in [0.5, 0.6) is 11.5 Å². The van der Waals surface area contributed by atoms with Gasteiger partial charge in [0.05, 0.1) is 19.0 Å². The van der Waals surface area contributed by atoms with Gasteiger partial charge in [0.25, 0.3) is 5.91 Å². The number of nitrogens with zero attached hydrogens (tertiary/aromatic N) is 3. The molecule has 1 heterocycles. The zero-order valence-electron chi connectivity index (χ0n) is 14.1. The quantitative estimate of drug-likeness (QED) is 0.777. The van der Waals surface area contributed by atoms with Gasteiger partial charge in [-0.15, -0.1) is 0 Å². The van der Waals surface area contributed by atoms with E-state index in [2.05, 4.69) is 5.10 Å². The molecule has 0 aliphatic carbocycles. The van der Waals surface area contributed by atoms with Crippen molar-refractivity contribution in [2.24, 2.45) is 0 Å². The Hall–Kier alpha value is -3.28. The van der Waals surface area contributed by atoms with Crippen molar-refractivity contribution in [1.82, 2.24) is 14.7 Å². The van der Waals surface area contributed by atoms with Gasteiger partial charge in [0.15, 0.2) is 11.4 Å². The highest BCUT2D eigenvalue weighted by atomic mass is 16.5. The molecular weight excluding hydrogens is 318 g/mol. The third-order valence-corrected chi connectivity index (χ3v) is 3.83. The number of benzene rings is 2. The van der Waals surface area contributed by atoms with Gasteiger partial charge < -0.3 is 14.7 Å². The Kier molecular flexibility index (Phi) is 4.70. The monoisotopic (exact) mass is 337 g/mol. The molecule has 3 rings (SSSR count). The van der Waals surface area contributed by atoms with Gasteiger partial charge >= 0.3 is 0 Å². The van der Waals surface area contributed by atoms with Crippen molar-refractivity contribution in [1.29, 1.82) is 0 Å². The van der Waals surface area contributed by atoms with Gasteiger partial charge in [0.2, 0.25) is 0 Å². The SMILES string of the molecule is COc1cn(-c2ccccc2)nc1C(=O)N(C)Cc1ccc(O)cc1. The Labute approximate surface area is 145 Å². The van der Waals surface area contributed by atoms with Crippen LogP contribution in [0, 0.1) is 0 Å². The van der Waals surface area contributed by atoms with Crippen LogP contribution in [-0.4, -0.2) is 39.9 Å². The number of aromatic nitrogens is 2. The molecule has 0 saturated heterocycles. The first-order valence-corrected chi connectivity index (χ1v) is 7.81. The molecule has 0 fully saturated rings. The highest BCUT2D eigenvalue weighted by Gasteiger charge is 2.22. The van der Waals surface area contributed by atoms with E-state index in [9.17, 15) is 9.90 Å². The Bertz CT molecular complexity index is 857. The summed E-state index contributed by atoms with van der Waals surface area (Å²) in [7, 11) is 3.22. The second kappa shape index (κ2) is 7.09. The Morgan fingerprint density at radius 3 is 2.48 bits per heavy atom. The largest absolute Gasteiger partial charge is 0.508 e. The smallest absolute Gasteiger partial charge is 0.278 e. The first kappa shape index (κ1) is 16.6. The van der Waals surface area contributed by atoms with Gasteiger partial charge in [-0.3, -0.25) is 4.79 Å². The number of carbonyl (C=O) groups is 1. The van der Waals surface area contributed by atoms with Crippen molar-refractivity contribution in [3.8, 4) is 17.2 Å². The number of para-hydroxylation sites is 1. The van der Waals surface area contributed by atoms with E-state index in [0.29, 0.717) is 12.3 Å². The molecule has 0 unspecified atom stereocenters. The first-order chi connectivity index (χ1) is 12.1. The molecule has 2 aromatic carbocycles. The lowest BCUT2D eigenvalue weighted by Crippen LogP contribution is -2.27. The normalized spacial score (nSPS) is 10.5.